The van der Waals surface area contributed by atoms with Crippen LogP contribution in [0.25, 0.3) is 0 Å². The first kappa shape index (κ1) is 16.7. The monoisotopic (exact) mass is 336 g/mol. The molecule has 0 amide bonds. The molecule has 23 heavy (non-hydrogen) atoms. The number of hydrogen-bond acceptors (Lipinski definition) is 6. The molecule has 0 aliphatic heterocycles. The second-order valence-electron chi connectivity index (χ2n) is 4.72. The summed E-state index contributed by atoms with van der Waals surface area (Å²) in [5.74, 6) is 0.861. The minimum atomic E-state index is -4.02. The van der Waals surface area contributed by atoms with Crippen molar-refractivity contribution in [3.8, 4) is 17.6 Å². The number of rotatable bonds is 5. The Morgan fingerprint density at radius 1 is 1.22 bits per heavy atom. The van der Waals surface area contributed by atoms with Crippen molar-refractivity contribution in [2.24, 2.45) is 0 Å². The first-order valence-corrected chi connectivity index (χ1v) is 8.07. The molecule has 0 aliphatic rings. The summed E-state index contributed by atoms with van der Waals surface area (Å²) in [4.78, 5) is -0.116. The maximum absolute atomic E-state index is 12.6. The second-order valence-corrected chi connectivity index (χ2v) is 6.37. The predicted octanol–water partition coefficient (Wildman–Crippen LogP) is 2.59. The van der Waals surface area contributed by atoms with Gasteiger partial charge in [0.05, 0.1) is 14.2 Å². The number of nitrogens with one attached hydrogen (secondary N) is 1. The summed E-state index contributed by atoms with van der Waals surface area (Å²) in [5, 5.41) is 9.17. The maximum Gasteiger partial charge on any atom is 0.268 e. The molecule has 7 nitrogen and oxygen atoms in total. The Kier molecular flexibility index (Phi) is 4.52. The van der Waals surface area contributed by atoms with E-state index in [2.05, 4.69) is 4.72 Å². The smallest absolute Gasteiger partial charge is 0.268 e. The first-order valence-electron chi connectivity index (χ1n) is 6.59. The van der Waals surface area contributed by atoms with Crippen molar-refractivity contribution < 1.29 is 22.3 Å². The van der Waals surface area contributed by atoms with Gasteiger partial charge in [-0.3, -0.25) is 0 Å². The van der Waals surface area contributed by atoms with Gasteiger partial charge in [0.15, 0.2) is 0 Å². The number of nitriles is 1. The molecule has 0 spiro atoms. The second kappa shape index (κ2) is 6.22. The molecular formula is C15H16N2O5S. The maximum atomic E-state index is 12.6. The van der Waals surface area contributed by atoms with Crippen molar-refractivity contribution in [3.63, 3.8) is 0 Å². The predicted molar refractivity (Wildman–Crippen MR) is 83.3 cm³/mol. The van der Waals surface area contributed by atoms with Gasteiger partial charge in [0.25, 0.3) is 10.0 Å². The SMILES string of the molecule is COc1ccc(OC)c(S(=O)(=O)Nc2oc(C)c(C)c2C#N)c1. The van der Waals surface area contributed by atoms with E-state index in [4.69, 9.17) is 13.9 Å². The molecule has 0 saturated heterocycles. The lowest BCUT2D eigenvalue weighted by atomic mass is 10.2. The van der Waals surface area contributed by atoms with Crippen LogP contribution in [0.1, 0.15) is 16.9 Å². The van der Waals surface area contributed by atoms with Crippen molar-refractivity contribution in [1.82, 2.24) is 0 Å². The summed E-state index contributed by atoms with van der Waals surface area (Å²) in [6.07, 6.45) is 0. The Balaban J connectivity index is 2.52. The quantitative estimate of drug-likeness (QED) is 0.900. The highest BCUT2D eigenvalue weighted by Crippen LogP contribution is 2.32. The van der Waals surface area contributed by atoms with Gasteiger partial charge >= 0.3 is 0 Å². The van der Waals surface area contributed by atoms with Crippen LogP contribution >= 0.6 is 0 Å². The fraction of sp³-hybridized carbons (Fsp3) is 0.267. The zero-order valence-corrected chi connectivity index (χ0v) is 13.9. The number of benzene rings is 1. The van der Waals surface area contributed by atoms with E-state index in [0.29, 0.717) is 17.1 Å². The normalized spacial score (nSPS) is 10.9. The van der Waals surface area contributed by atoms with Gasteiger partial charge in [0.2, 0.25) is 5.88 Å². The Bertz CT molecular complexity index is 878. The molecule has 0 radical (unpaired) electrons. The number of ether oxygens (including phenoxy) is 2. The molecular weight excluding hydrogens is 320 g/mol. The van der Waals surface area contributed by atoms with Crippen LogP contribution < -0.4 is 14.2 Å². The third kappa shape index (κ3) is 3.10. The van der Waals surface area contributed by atoms with E-state index >= 15 is 0 Å². The topological polar surface area (TPSA) is 102 Å². The van der Waals surface area contributed by atoms with E-state index in [0.717, 1.165) is 0 Å². The molecule has 2 aromatic rings. The highest BCUT2D eigenvalue weighted by Gasteiger charge is 2.25. The molecule has 0 aliphatic carbocycles. The molecule has 8 heteroatoms. The number of nitrogens with zero attached hydrogens (tertiary/aromatic N) is 1. The van der Waals surface area contributed by atoms with Crippen LogP contribution in [-0.2, 0) is 10.0 Å². The summed E-state index contributed by atoms with van der Waals surface area (Å²) in [5.41, 5.74) is 0.732. The summed E-state index contributed by atoms with van der Waals surface area (Å²) in [6.45, 7) is 3.33. The molecule has 1 aromatic heterocycles. The molecule has 0 atom stereocenters. The Morgan fingerprint density at radius 2 is 1.91 bits per heavy atom. The first-order chi connectivity index (χ1) is 10.8. The van der Waals surface area contributed by atoms with Crippen LogP contribution in [0.3, 0.4) is 0 Å². The lowest BCUT2D eigenvalue weighted by Gasteiger charge is -2.11. The Labute approximate surface area is 134 Å². The van der Waals surface area contributed by atoms with Crippen LogP contribution in [0.15, 0.2) is 27.5 Å². The molecule has 1 heterocycles. The highest BCUT2D eigenvalue weighted by atomic mass is 32.2. The van der Waals surface area contributed by atoms with Crippen LogP contribution in [0, 0.1) is 25.2 Å². The zero-order chi connectivity index (χ0) is 17.2. The van der Waals surface area contributed by atoms with Crippen molar-refractivity contribution in [3.05, 3.63) is 35.1 Å². The van der Waals surface area contributed by atoms with E-state index in [9.17, 15) is 13.7 Å². The summed E-state index contributed by atoms with van der Waals surface area (Å²) >= 11 is 0. The van der Waals surface area contributed by atoms with Gasteiger partial charge in [-0.2, -0.15) is 5.26 Å². The van der Waals surface area contributed by atoms with E-state index in [1.807, 2.05) is 6.07 Å². The lowest BCUT2D eigenvalue weighted by molar-refractivity contribution is 0.392. The van der Waals surface area contributed by atoms with E-state index < -0.39 is 10.0 Å². The van der Waals surface area contributed by atoms with Crippen LogP contribution in [-0.4, -0.2) is 22.6 Å². The number of aryl methyl sites for hydroxylation is 1. The van der Waals surface area contributed by atoms with E-state index in [-0.39, 0.29) is 22.1 Å². The van der Waals surface area contributed by atoms with Gasteiger partial charge in [0, 0.05) is 11.6 Å². The third-order valence-electron chi connectivity index (χ3n) is 3.38. The number of anilines is 1. The van der Waals surface area contributed by atoms with Gasteiger partial charge < -0.3 is 13.9 Å². The molecule has 0 bridgehead atoms. The highest BCUT2D eigenvalue weighted by molar-refractivity contribution is 7.92. The molecule has 0 saturated carbocycles. The van der Waals surface area contributed by atoms with Crippen molar-refractivity contribution in [2.45, 2.75) is 18.7 Å². The number of methoxy groups -OCH3 is 2. The number of sulfonamides is 1. The molecule has 0 fully saturated rings. The van der Waals surface area contributed by atoms with Crippen molar-refractivity contribution in [1.29, 1.82) is 5.26 Å². The Hall–Kier alpha value is -2.66. The molecule has 0 unspecified atom stereocenters. The summed E-state index contributed by atoms with van der Waals surface area (Å²) < 4.78 is 43.0. The van der Waals surface area contributed by atoms with Gasteiger partial charge in [-0.05, 0) is 26.0 Å². The molecule has 1 aromatic carbocycles. The number of furan rings is 1. The summed E-state index contributed by atoms with van der Waals surface area (Å²) in [6, 6.07) is 6.33. The summed E-state index contributed by atoms with van der Waals surface area (Å²) in [7, 11) is -1.23. The Morgan fingerprint density at radius 3 is 2.48 bits per heavy atom. The average molecular weight is 336 g/mol. The van der Waals surface area contributed by atoms with Crippen LogP contribution in [0.2, 0.25) is 0 Å². The molecule has 1 N–H and O–H groups in total. The van der Waals surface area contributed by atoms with Gasteiger partial charge in [-0.15, -0.1) is 0 Å². The fourth-order valence-corrected chi connectivity index (χ4v) is 3.19. The van der Waals surface area contributed by atoms with Crippen LogP contribution in [0.4, 0.5) is 5.88 Å². The van der Waals surface area contributed by atoms with Crippen molar-refractivity contribution >= 4 is 15.9 Å². The largest absolute Gasteiger partial charge is 0.497 e. The molecule has 2 rings (SSSR count). The zero-order valence-electron chi connectivity index (χ0n) is 13.1. The van der Waals surface area contributed by atoms with Gasteiger partial charge in [0.1, 0.15) is 33.8 Å². The van der Waals surface area contributed by atoms with Gasteiger partial charge in [-0.25, -0.2) is 13.1 Å². The minimum Gasteiger partial charge on any atom is -0.497 e. The minimum absolute atomic E-state index is 0.116. The van der Waals surface area contributed by atoms with E-state index in [1.54, 1.807) is 19.9 Å². The molecule has 122 valence electrons. The third-order valence-corrected chi connectivity index (χ3v) is 4.74. The fourth-order valence-electron chi connectivity index (χ4n) is 2.00. The average Bonchev–Trinajstić information content (AvgIpc) is 2.79. The van der Waals surface area contributed by atoms with E-state index in [1.165, 1.54) is 26.4 Å². The van der Waals surface area contributed by atoms with Gasteiger partial charge in [-0.1, -0.05) is 0 Å². The standard InChI is InChI=1S/C15H16N2O5S/c1-9-10(2)22-15(12(9)8-16)17-23(18,19)14-7-11(20-3)5-6-13(14)21-4/h5-7,17H,1-4H3. The van der Waals surface area contributed by atoms with Crippen LogP contribution in [0.5, 0.6) is 11.5 Å². The van der Waals surface area contributed by atoms with Crippen molar-refractivity contribution in [2.75, 3.05) is 18.9 Å². The number of hydrogen-bond donors (Lipinski definition) is 1. The lowest BCUT2D eigenvalue weighted by Crippen LogP contribution is -2.14.